The molecule has 3 amide bonds. The molecule has 0 aliphatic rings. The average molecular weight is 1480 g/mol. The van der Waals surface area contributed by atoms with E-state index >= 15 is 0 Å². The molecule has 0 unspecified atom stereocenters. The summed E-state index contributed by atoms with van der Waals surface area (Å²) < 4.78 is 4.89. The third kappa shape index (κ3) is 18.1. The van der Waals surface area contributed by atoms with Crippen molar-refractivity contribution in [3.63, 3.8) is 0 Å². The van der Waals surface area contributed by atoms with Gasteiger partial charge in [-0.2, -0.15) is 14.3 Å². The number of carbonyl (C=O) groups excluding carboxylic acids is 3. The van der Waals surface area contributed by atoms with Crippen LogP contribution in [0.25, 0.3) is 42.4 Å². The molecule has 0 saturated heterocycles. The van der Waals surface area contributed by atoms with Crippen LogP contribution in [0.2, 0.25) is 15.1 Å². The van der Waals surface area contributed by atoms with Crippen molar-refractivity contribution in [1.29, 1.82) is 5.26 Å². The summed E-state index contributed by atoms with van der Waals surface area (Å²) >= 11 is 21.5. The van der Waals surface area contributed by atoms with E-state index in [-0.39, 0.29) is 78.5 Å². The minimum Gasteiger partial charge on any atom is -0.512 e. The number of hydrogen-bond acceptors (Lipinski definition) is 19. The monoisotopic (exact) mass is 1480 g/mol. The topological polar surface area (TPSA) is 367 Å². The fourth-order valence-electron chi connectivity index (χ4n) is 10.2. The molecule has 9 aromatic heterocycles. The van der Waals surface area contributed by atoms with Crippen molar-refractivity contribution in [1.82, 2.24) is 90.1 Å². The molecule has 0 atom stereocenters. The molecule has 0 fully saturated rings. The molecule has 9 heterocycles. The number of aromatic nitrogens is 15. The SMILES string of the molecule is Cc1cc(N)nc(C)c1CNC(=O)c1nc(Br)n(Cc2ccc3ncc(Cl)cc3c2)n1.[C-]#N.[C-]#[N+]c1nc(C(=O)NCc2c(C)cc(N)nc2C)nn1Cc1ccc2ncc(Cl)cc2c1.[C-]#[N+]c1nc(C(=O)NCc2c(C)cc(N)nc2C)nn1Cc1ccc2ncc(Cl)cc2c1.[Cu+]. The van der Waals surface area contributed by atoms with Crippen LogP contribution in [0.5, 0.6) is 0 Å². The maximum Gasteiger partial charge on any atom is 1.00 e. The maximum absolute atomic E-state index is 12.6. The molecule has 12 rings (SSSR count). The van der Waals surface area contributed by atoms with Gasteiger partial charge in [-0.05, 0) is 180 Å². The number of halogens is 4. The number of hydrogen-bond donors (Lipinski definition) is 6. The average Bonchev–Trinajstić information content (AvgIpc) is 1.66. The molecule has 0 radical (unpaired) electrons. The van der Waals surface area contributed by atoms with Crippen LogP contribution in [0, 0.1) is 66.5 Å². The summed E-state index contributed by atoms with van der Waals surface area (Å²) in [6, 6.07) is 28.0. The van der Waals surface area contributed by atoms with Gasteiger partial charge in [-0.25, -0.2) is 19.6 Å². The standard InChI is InChI=1S/2C22H19ClN8O.C21H19BrClN7O.CN.Cu/c2*1-12-6-19(24)28-13(2)17(12)10-27-21(32)20-29-22(25-3)31(30-20)11-14-4-5-18-15(7-14)8-16(23)9-26-18;1-11-5-18(24)27-12(2)16(11)9-26-20(31)19-28-21(22)30(29-19)10-13-3-4-17-14(6-13)7-15(23)8-25-17;1-2;/h2*4-9H,10-11H2,1-2H3,(H2,24,28)(H,27,32);3-8H,9-10H2,1-2H3,(H2,24,27)(H,26,31);;/q;;;-1;+1. The molecule has 0 aliphatic heterocycles. The zero-order valence-corrected chi connectivity index (χ0v) is 57.8. The molecule has 32 heteroatoms. The number of aryl methyl sites for hydroxylation is 6. The van der Waals surface area contributed by atoms with Crippen LogP contribution in [0.1, 0.15) is 99.0 Å². The zero-order valence-electron chi connectivity index (χ0n) is 53.0. The number of pyridine rings is 6. The van der Waals surface area contributed by atoms with Crippen LogP contribution in [-0.4, -0.2) is 91.9 Å². The quantitative estimate of drug-likeness (QED) is 0.0410. The molecular weight excluding hydrogens is 1430 g/mol. The summed E-state index contributed by atoms with van der Waals surface area (Å²) in [5, 5.41) is 31.9. The van der Waals surface area contributed by atoms with E-state index in [0.29, 0.717) is 50.3 Å². The number of amides is 3. The van der Waals surface area contributed by atoms with E-state index in [9.17, 15) is 14.4 Å². The van der Waals surface area contributed by atoms with E-state index in [1.807, 2.05) is 114 Å². The first-order valence-corrected chi connectivity index (χ1v) is 31.0. The van der Waals surface area contributed by atoms with E-state index in [1.54, 1.807) is 41.5 Å². The van der Waals surface area contributed by atoms with Gasteiger partial charge in [0.05, 0.1) is 38.2 Å². The smallest absolute Gasteiger partial charge is 0.512 e. The zero-order chi connectivity index (χ0) is 69.8. The van der Waals surface area contributed by atoms with Crippen molar-refractivity contribution in [2.24, 2.45) is 0 Å². The normalized spacial score (nSPS) is 10.6. The largest absolute Gasteiger partial charge is 1.00 e. The van der Waals surface area contributed by atoms with Crippen LogP contribution in [0.3, 0.4) is 0 Å². The van der Waals surface area contributed by atoms with Crippen LogP contribution in [0.4, 0.5) is 29.4 Å². The number of fused-ring (bicyclic) bond motifs is 3. The first-order chi connectivity index (χ1) is 46.5. The maximum atomic E-state index is 12.6. The van der Waals surface area contributed by atoms with Gasteiger partial charge in [0.2, 0.25) is 5.82 Å². The van der Waals surface area contributed by atoms with Gasteiger partial charge < -0.3 is 54.7 Å². The summed E-state index contributed by atoms with van der Waals surface area (Å²) in [5.41, 5.74) is 30.2. The van der Waals surface area contributed by atoms with E-state index in [4.69, 9.17) is 77.0 Å². The predicted octanol–water partition coefficient (Wildman–Crippen LogP) is 11.1. The Labute approximate surface area is 594 Å². The second-order valence-electron chi connectivity index (χ2n) is 21.7. The Morgan fingerprint density at radius 3 is 1.07 bits per heavy atom. The number of nitrogens with zero attached hydrogens (tertiary/aromatic N) is 18. The number of benzene rings is 3. The summed E-state index contributed by atoms with van der Waals surface area (Å²) in [4.78, 5) is 82.6. The number of rotatable bonds is 15. The van der Waals surface area contributed by atoms with Crippen molar-refractivity contribution in [3.8, 4) is 0 Å². The van der Waals surface area contributed by atoms with Gasteiger partial charge in [-0.1, -0.05) is 63.2 Å². The van der Waals surface area contributed by atoms with Gasteiger partial charge in [0.25, 0.3) is 5.91 Å². The molecule has 9 N–H and O–H groups in total. The van der Waals surface area contributed by atoms with Gasteiger partial charge in [0.1, 0.15) is 30.5 Å². The van der Waals surface area contributed by atoms with E-state index < -0.39 is 11.8 Å². The van der Waals surface area contributed by atoms with Gasteiger partial charge in [0, 0.05) is 71.5 Å². The van der Waals surface area contributed by atoms with E-state index in [2.05, 4.69) is 102 Å². The van der Waals surface area contributed by atoms with Crippen molar-refractivity contribution in [2.75, 3.05) is 17.2 Å². The summed E-state index contributed by atoms with van der Waals surface area (Å²) in [6.07, 6.45) is 4.80. The van der Waals surface area contributed by atoms with Crippen molar-refractivity contribution in [3.05, 3.63) is 243 Å². The van der Waals surface area contributed by atoms with Gasteiger partial charge in [-0.15, -0.1) is 28.2 Å². The van der Waals surface area contributed by atoms with Crippen LogP contribution < -0.4 is 33.2 Å². The minimum absolute atomic E-state index is 0. The van der Waals surface area contributed by atoms with Gasteiger partial charge in [0.15, 0.2) is 4.73 Å². The Morgan fingerprint density at radius 2 is 0.765 bits per heavy atom. The second kappa shape index (κ2) is 32.6. The fraction of sp³-hybridized carbons (Fsp3) is 0.182. The third-order valence-electron chi connectivity index (χ3n) is 14.9. The number of nitrogens with one attached hydrogen (secondary N) is 3. The number of anilines is 3. The molecule has 0 aliphatic carbocycles. The first kappa shape index (κ1) is 72.7. The molecule has 0 saturated carbocycles. The molecule has 98 heavy (non-hydrogen) atoms. The predicted molar refractivity (Wildman–Crippen MR) is 371 cm³/mol. The summed E-state index contributed by atoms with van der Waals surface area (Å²) in [5.74, 6) is 0.00888. The summed E-state index contributed by atoms with van der Waals surface area (Å²) in [7, 11) is 0. The van der Waals surface area contributed by atoms with Gasteiger partial charge in [-0.3, -0.25) is 29.3 Å². The molecule has 0 spiro atoms. The van der Waals surface area contributed by atoms with Crippen LogP contribution in [-0.2, 0) is 56.3 Å². The second-order valence-corrected chi connectivity index (χ2v) is 23.8. The Morgan fingerprint density at radius 1 is 0.469 bits per heavy atom. The minimum atomic E-state index is -0.473. The fourth-order valence-corrected chi connectivity index (χ4v) is 11.1. The van der Waals surface area contributed by atoms with Crippen molar-refractivity contribution >= 4 is 131 Å². The third-order valence-corrected chi connectivity index (χ3v) is 16.1. The van der Waals surface area contributed by atoms with Gasteiger partial charge >= 0.3 is 52.4 Å². The molecule has 12 aromatic rings. The summed E-state index contributed by atoms with van der Waals surface area (Å²) in [6.45, 7) is 32.6. The number of carbonyl (C=O) groups is 3. The Kier molecular flexibility index (Phi) is 24.2. The molecule has 3 aromatic carbocycles. The molecule has 0 bridgehead atoms. The first-order valence-electron chi connectivity index (χ1n) is 29.1. The molecule has 27 nitrogen and oxygen atoms in total. The van der Waals surface area contributed by atoms with Crippen LogP contribution >= 0.6 is 50.7 Å². The van der Waals surface area contributed by atoms with Crippen molar-refractivity contribution in [2.45, 2.75) is 80.8 Å². The van der Waals surface area contributed by atoms with E-state index in [0.717, 1.165) is 99.9 Å². The Bertz CT molecular complexity index is 4860. The Balaban J connectivity index is 0.000000184. The Hall–Kier alpha value is -11.1. The number of nitrogens with two attached hydrogens (primary N) is 3. The molecule has 498 valence electrons. The molecular formula is C66H57BrCl3CuN24O3. The van der Waals surface area contributed by atoms with Crippen molar-refractivity contribution < 1.29 is 31.5 Å². The number of nitrogen functional groups attached to an aromatic ring is 3. The van der Waals surface area contributed by atoms with E-state index in [1.165, 1.54) is 9.36 Å². The van der Waals surface area contributed by atoms with Crippen LogP contribution in [0.15, 0.2) is 114 Å².